The van der Waals surface area contributed by atoms with Crippen LogP contribution in [0.4, 0.5) is 0 Å². The molecule has 1 aliphatic heterocycles. The summed E-state index contributed by atoms with van der Waals surface area (Å²) in [5.74, 6) is 1.17. The van der Waals surface area contributed by atoms with Crippen LogP contribution in [-0.4, -0.2) is 50.3 Å². The number of hydrogen-bond donors (Lipinski definition) is 2. The Morgan fingerprint density at radius 3 is 2.74 bits per heavy atom. The van der Waals surface area contributed by atoms with E-state index in [1.54, 1.807) is 11.8 Å². The highest BCUT2D eigenvalue weighted by Crippen LogP contribution is 2.22. The number of thioether (sulfide) groups is 1. The lowest BCUT2D eigenvalue weighted by Gasteiger charge is -2.17. The second kappa shape index (κ2) is 8.59. The molecule has 2 atom stereocenters. The van der Waals surface area contributed by atoms with Crippen LogP contribution in [0.25, 0.3) is 0 Å². The fourth-order valence-electron chi connectivity index (χ4n) is 2.41. The zero-order valence-corrected chi connectivity index (χ0v) is 15.3. The first-order valence-electron chi connectivity index (χ1n) is 7.95. The maximum atomic E-state index is 11.5. The van der Waals surface area contributed by atoms with E-state index in [1.807, 2.05) is 25.1 Å². The van der Waals surface area contributed by atoms with E-state index in [0.717, 1.165) is 6.54 Å². The van der Waals surface area contributed by atoms with Gasteiger partial charge in [-0.05, 0) is 25.5 Å². The summed E-state index contributed by atoms with van der Waals surface area (Å²) in [5, 5.41) is 6.78. The first kappa shape index (κ1) is 18.1. The van der Waals surface area contributed by atoms with Crippen molar-refractivity contribution in [3.63, 3.8) is 0 Å². The Hall–Kier alpha value is -1.21. The van der Waals surface area contributed by atoms with Crippen molar-refractivity contribution in [1.29, 1.82) is 0 Å². The Morgan fingerprint density at radius 1 is 1.39 bits per heavy atom. The first-order chi connectivity index (χ1) is 11.0. The fourth-order valence-corrected chi connectivity index (χ4v) is 5.01. The van der Waals surface area contributed by atoms with Crippen LogP contribution in [0, 0.1) is 0 Å². The Balaban J connectivity index is 1.88. The molecule has 0 bridgehead atoms. The molecule has 0 saturated carbocycles. The minimum Gasteiger partial charge on any atom is -0.357 e. The van der Waals surface area contributed by atoms with Gasteiger partial charge in [-0.2, -0.15) is 0 Å². The summed E-state index contributed by atoms with van der Waals surface area (Å²) in [6.45, 7) is 5.58. The van der Waals surface area contributed by atoms with Gasteiger partial charge in [0.1, 0.15) is 0 Å². The van der Waals surface area contributed by atoms with Crippen molar-refractivity contribution in [2.24, 2.45) is 4.99 Å². The topological polar surface area (TPSA) is 70.6 Å². The van der Waals surface area contributed by atoms with Gasteiger partial charge in [-0.15, -0.1) is 11.8 Å². The molecule has 1 fully saturated rings. The average Bonchev–Trinajstić information content (AvgIpc) is 2.85. The Labute approximate surface area is 143 Å². The molecule has 2 N–H and O–H groups in total. The van der Waals surface area contributed by atoms with Crippen LogP contribution in [-0.2, 0) is 9.84 Å². The summed E-state index contributed by atoms with van der Waals surface area (Å²) in [6.07, 6.45) is 0.654. The molecule has 2 rings (SSSR count). The van der Waals surface area contributed by atoms with Gasteiger partial charge in [0.25, 0.3) is 0 Å². The van der Waals surface area contributed by atoms with Gasteiger partial charge in [0, 0.05) is 22.7 Å². The highest BCUT2D eigenvalue weighted by molar-refractivity contribution is 8.00. The second-order valence-corrected chi connectivity index (χ2v) is 9.45. The van der Waals surface area contributed by atoms with Gasteiger partial charge >= 0.3 is 0 Å². The molecule has 0 radical (unpaired) electrons. The third-order valence-corrected chi connectivity index (χ3v) is 6.37. The maximum absolute atomic E-state index is 11.5. The van der Waals surface area contributed by atoms with Crippen LogP contribution in [0.2, 0.25) is 0 Å². The van der Waals surface area contributed by atoms with Crippen molar-refractivity contribution in [3.05, 3.63) is 30.3 Å². The molecular formula is C16H25N3O2S2. The van der Waals surface area contributed by atoms with Gasteiger partial charge in [0.05, 0.1) is 18.1 Å². The molecule has 128 valence electrons. The minimum atomic E-state index is -2.88. The highest BCUT2D eigenvalue weighted by atomic mass is 32.2. The number of aliphatic imine (C=N–C) groups is 1. The van der Waals surface area contributed by atoms with Gasteiger partial charge in [-0.25, -0.2) is 8.42 Å². The average molecular weight is 356 g/mol. The molecule has 2 unspecified atom stereocenters. The normalized spacial score (nSPS) is 21.8. The third kappa shape index (κ3) is 6.43. The molecule has 7 heteroatoms. The number of guanidine groups is 1. The Morgan fingerprint density at radius 2 is 2.13 bits per heavy atom. The zero-order valence-electron chi connectivity index (χ0n) is 13.7. The van der Waals surface area contributed by atoms with E-state index in [4.69, 9.17) is 0 Å². The molecule has 23 heavy (non-hydrogen) atoms. The highest BCUT2D eigenvalue weighted by Gasteiger charge is 2.28. The molecule has 1 aliphatic rings. The van der Waals surface area contributed by atoms with Gasteiger partial charge in [0.15, 0.2) is 15.8 Å². The van der Waals surface area contributed by atoms with Crippen molar-refractivity contribution >= 4 is 27.6 Å². The first-order valence-corrected chi connectivity index (χ1v) is 10.7. The van der Waals surface area contributed by atoms with E-state index < -0.39 is 9.84 Å². The fraction of sp³-hybridized carbons (Fsp3) is 0.562. The standard InChI is InChI=1S/C16H25N3O2S2/c1-3-17-16(19-14-9-10-23(20,21)12-14)18-11-13(2)22-15-7-5-4-6-8-15/h4-8,13-14H,3,9-12H2,1-2H3,(H2,17,18,19). The summed E-state index contributed by atoms with van der Waals surface area (Å²) in [6, 6.07) is 10.2. The monoisotopic (exact) mass is 355 g/mol. The molecule has 0 amide bonds. The zero-order chi connectivity index (χ0) is 16.7. The van der Waals surface area contributed by atoms with Crippen molar-refractivity contribution in [1.82, 2.24) is 10.6 Å². The molecule has 1 aromatic carbocycles. The predicted octanol–water partition coefficient (Wildman–Crippen LogP) is 1.91. The van der Waals surface area contributed by atoms with Crippen molar-refractivity contribution in [3.8, 4) is 0 Å². The van der Waals surface area contributed by atoms with E-state index in [0.29, 0.717) is 24.2 Å². The lowest BCUT2D eigenvalue weighted by Crippen LogP contribution is -2.44. The summed E-state index contributed by atoms with van der Waals surface area (Å²) >= 11 is 1.79. The number of nitrogens with one attached hydrogen (secondary N) is 2. The quantitative estimate of drug-likeness (QED) is 0.463. The summed E-state index contributed by atoms with van der Waals surface area (Å²) in [4.78, 5) is 5.83. The van der Waals surface area contributed by atoms with Crippen LogP contribution in [0.3, 0.4) is 0 Å². The minimum absolute atomic E-state index is 0.0325. The van der Waals surface area contributed by atoms with E-state index in [1.165, 1.54) is 4.90 Å². The molecule has 1 saturated heterocycles. The van der Waals surface area contributed by atoms with E-state index in [9.17, 15) is 8.42 Å². The third-order valence-electron chi connectivity index (χ3n) is 3.50. The number of nitrogens with zero attached hydrogens (tertiary/aromatic N) is 1. The van der Waals surface area contributed by atoms with Gasteiger partial charge in [0.2, 0.25) is 0 Å². The molecular weight excluding hydrogens is 330 g/mol. The molecule has 0 aromatic heterocycles. The van der Waals surface area contributed by atoms with Crippen molar-refractivity contribution in [2.45, 2.75) is 36.5 Å². The number of rotatable bonds is 6. The molecule has 1 heterocycles. The van der Waals surface area contributed by atoms with Crippen LogP contribution in [0.1, 0.15) is 20.3 Å². The second-order valence-electron chi connectivity index (χ2n) is 5.71. The summed E-state index contributed by atoms with van der Waals surface area (Å²) in [5.41, 5.74) is 0. The van der Waals surface area contributed by atoms with Crippen LogP contribution in [0.5, 0.6) is 0 Å². The smallest absolute Gasteiger partial charge is 0.191 e. The Kier molecular flexibility index (Phi) is 6.77. The van der Waals surface area contributed by atoms with E-state index in [-0.39, 0.29) is 17.5 Å². The van der Waals surface area contributed by atoms with E-state index >= 15 is 0 Å². The van der Waals surface area contributed by atoms with Gasteiger partial charge in [-0.1, -0.05) is 25.1 Å². The predicted molar refractivity (Wildman–Crippen MR) is 97.9 cm³/mol. The molecule has 5 nitrogen and oxygen atoms in total. The lowest BCUT2D eigenvalue weighted by molar-refractivity contribution is 0.599. The lowest BCUT2D eigenvalue weighted by atomic mass is 10.3. The largest absolute Gasteiger partial charge is 0.357 e. The van der Waals surface area contributed by atoms with Gasteiger partial charge < -0.3 is 10.6 Å². The molecule has 1 aromatic rings. The number of hydrogen-bond acceptors (Lipinski definition) is 4. The summed E-state index contributed by atoms with van der Waals surface area (Å²) in [7, 11) is -2.88. The molecule has 0 spiro atoms. The SMILES string of the molecule is CCNC(=NCC(C)Sc1ccccc1)NC1CCS(=O)(=O)C1. The van der Waals surface area contributed by atoms with Crippen LogP contribution >= 0.6 is 11.8 Å². The maximum Gasteiger partial charge on any atom is 0.191 e. The van der Waals surface area contributed by atoms with Crippen molar-refractivity contribution < 1.29 is 8.42 Å². The van der Waals surface area contributed by atoms with Crippen LogP contribution < -0.4 is 10.6 Å². The van der Waals surface area contributed by atoms with Crippen LogP contribution in [0.15, 0.2) is 40.2 Å². The Bertz CT molecular complexity index is 617. The van der Waals surface area contributed by atoms with Gasteiger partial charge in [-0.3, -0.25) is 4.99 Å². The molecule has 0 aliphatic carbocycles. The number of benzene rings is 1. The van der Waals surface area contributed by atoms with Crippen molar-refractivity contribution in [2.75, 3.05) is 24.6 Å². The van der Waals surface area contributed by atoms with E-state index in [2.05, 4.69) is 34.7 Å². The number of sulfone groups is 1. The summed E-state index contributed by atoms with van der Waals surface area (Å²) < 4.78 is 23.1.